The molecule has 0 aliphatic carbocycles. The second-order valence-corrected chi connectivity index (χ2v) is 2.91. The maximum atomic E-state index is 5.44. The molecule has 74 valence electrons. The molecule has 1 rings (SSSR count). The molecular weight excluding hydrogens is 186 g/mol. The number of hydrogen-bond donors (Lipinski definition) is 1. The molecule has 0 bridgehead atoms. The minimum atomic E-state index is 0. The molecule has 0 unspecified atom stereocenters. The summed E-state index contributed by atoms with van der Waals surface area (Å²) in [6.45, 7) is 5.23. The van der Waals surface area contributed by atoms with E-state index in [-0.39, 0.29) is 12.4 Å². The predicted molar refractivity (Wildman–Crippen MR) is 57.7 cm³/mol. The Labute approximate surface area is 85.5 Å². The Bertz CT molecular complexity index is 263. The Kier molecular flexibility index (Phi) is 5.51. The maximum Gasteiger partial charge on any atom is 0.122 e. The normalized spacial score (nSPS) is 9.15. The molecule has 0 heterocycles. The molecule has 0 spiro atoms. The molecule has 0 amide bonds. The smallest absolute Gasteiger partial charge is 0.122 e. The van der Waals surface area contributed by atoms with Crippen LogP contribution in [0.15, 0.2) is 18.2 Å². The lowest BCUT2D eigenvalue weighted by Crippen LogP contribution is -2.11. The van der Waals surface area contributed by atoms with Gasteiger partial charge >= 0.3 is 0 Å². The van der Waals surface area contributed by atoms with Gasteiger partial charge < -0.3 is 10.5 Å². The standard InChI is InChI=1S/C10H15NO.ClH/c1-8-3-4-9(2)10(7-8)12-6-5-11;/h3-4,7H,5-6,11H2,1-2H3;1H. The fourth-order valence-corrected chi connectivity index (χ4v) is 1.03. The summed E-state index contributed by atoms with van der Waals surface area (Å²) in [6, 6.07) is 6.16. The number of aryl methyl sites for hydroxylation is 2. The van der Waals surface area contributed by atoms with E-state index in [2.05, 4.69) is 19.1 Å². The summed E-state index contributed by atoms with van der Waals surface area (Å²) in [7, 11) is 0. The van der Waals surface area contributed by atoms with E-state index in [4.69, 9.17) is 10.5 Å². The maximum absolute atomic E-state index is 5.44. The van der Waals surface area contributed by atoms with E-state index in [1.54, 1.807) is 0 Å². The predicted octanol–water partition coefficient (Wildman–Crippen LogP) is 2.06. The van der Waals surface area contributed by atoms with Crippen LogP contribution in [0.2, 0.25) is 0 Å². The first kappa shape index (κ1) is 12.3. The minimum Gasteiger partial charge on any atom is -0.492 e. The molecule has 0 aliphatic heterocycles. The number of rotatable bonds is 3. The van der Waals surface area contributed by atoms with Crippen LogP contribution in [-0.4, -0.2) is 13.2 Å². The van der Waals surface area contributed by atoms with E-state index >= 15 is 0 Å². The quantitative estimate of drug-likeness (QED) is 0.813. The first-order chi connectivity index (χ1) is 5.74. The molecule has 0 saturated heterocycles. The van der Waals surface area contributed by atoms with Crippen molar-refractivity contribution in [2.45, 2.75) is 13.8 Å². The lowest BCUT2D eigenvalue weighted by Gasteiger charge is -2.08. The lowest BCUT2D eigenvalue weighted by atomic mass is 10.1. The van der Waals surface area contributed by atoms with Crippen molar-refractivity contribution in [1.82, 2.24) is 0 Å². The number of halogens is 1. The van der Waals surface area contributed by atoms with E-state index in [0.29, 0.717) is 13.2 Å². The van der Waals surface area contributed by atoms with Gasteiger partial charge in [0, 0.05) is 6.54 Å². The average Bonchev–Trinajstić information content (AvgIpc) is 2.07. The summed E-state index contributed by atoms with van der Waals surface area (Å²) in [6.07, 6.45) is 0. The molecule has 0 radical (unpaired) electrons. The van der Waals surface area contributed by atoms with Crippen LogP contribution in [0.1, 0.15) is 11.1 Å². The SMILES string of the molecule is Cc1ccc(C)c(OCCN)c1.Cl. The third-order valence-electron chi connectivity index (χ3n) is 1.72. The van der Waals surface area contributed by atoms with Crippen LogP contribution in [0.25, 0.3) is 0 Å². The molecule has 2 N–H and O–H groups in total. The van der Waals surface area contributed by atoms with E-state index in [0.717, 1.165) is 11.3 Å². The highest BCUT2D eigenvalue weighted by atomic mass is 35.5. The summed E-state index contributed by atoms with van der Waals surface area (Å²) in [5.74, 6) is 0.945. The van der Waals surface area contributed by atoms with E-state index < -0.39 is 0 Å². The number of hydrogen-bond acceptors (Lipinski definition) is 2. The van der Waals surface area contributed by atoms with Crippen molar-refractivity contribution >= 4 is 12.4 Å². The zero-order valence-electron chi connectivity index (χ0n) is 8.04. The van der Waals surface area contributed by atoms with Crippen LogP contribution < -0.4 is 10.5 Å². The van der Waals surface area contributed by atoms with Gasteiger partial charge in [-0.05, 0) is 31.0 Å². The summed E-state index contributed by atoms with van der Waals surface area (Å²) in [4.78, 5) is 0. The summed E-state index contributed by atoms with van der Waals surface area (Å²) in [5.41, 5.74) is 7.72. The molecule has 0 aromatic heterocycles. The topological polar surface area (TPSA) is 35.2 Å². The highest BCUT2D eigenvalue weighted by molar-refractivity contribution is 5.85. The van der Waals surface area contributed by atoms with Crippen LogP contribution in [0.4, 0.5) is 0 Å². The Morgan fingerprint density at radius 2 is 2.00 bits per heavy atom. The van der Waals surface area contributed by atoms with Crippen molar-refractivity contribution in [3.05, 3.63) is 29.3 Å². The van der Waals surface area contributed by atoms with Crippen molar-refractivity contribution in [3.8, 4) is 5.75 Å². The minimum absolute atomic E-state index is 0. The average molecular weight is 202 g/mol. The number of nitrogens with two attached hydrogens (primary N) is 1. The number of benzene rings is 1. The van der Waals surface area contributed by atoms with Crippen LogP contribution >= 0.6 is 12.4 Å². The largest absolute Gasteiger partial charge is 0.492 e. The van der Waals surface area contributed by atoms with Gasteiger partial charge in [0.1, 0.15) is 12.4 Å². The summed E-state index contributed by atoms with van der Waals surface area (Å²) >= 11 is 0. The van der Waals surface area contributed by atoms with Gasteiger partial charge in [-0.3, -0.25) is 0 Å². The molecule has 2 nitrogen and oxygen atoms in total. The van der Waals surface area contributed by atoms with Gasteiger partial charge in [-0.2, -0.15) is 0 Å². The molecule has 0 aliphatic rings. The third-order valence-corrected chi connectivity index (χ3v) is 1.72. The van der Waals surface area contributed by atoms with Crippen molar-refractivity contribution in [2.24, 2.45) is 5.73 Å². The molecule has 3 heteroatoms. The van der Waals surface area contributed by atoms with Gasteiger partial charge in [-0.15, -0.1) is 12.4 Å². The lowest BCUT2D eigenvalue weighted by molar-refractivity contribution is 0.326. The molecule has 13 heavy (non-hydrogen) atoms. The zero-order valence-corrected chi connectivity index (χ0v) is 8.86. The molecule has 0 fully saturated rings. The van der Waals surface area contributed by atoms with Crippen LogP contribution in [0.3, 0.4) is 0 Å². The Balaban J connectivity index is 0.00000144. The Hall–Kier alpha value is -0.730. The Morgan fingerprint density at radius 3 is 2.62 bits per heavy atom. The van der Waals surface area contributed by atoms with Gasteiger partial charge in [-0.25, -0.2) is 0 Å². The highest BCUT2D eigenvalue weighted by Crippen LogP contribution is 2.18. The first-order valence-corrected chi connectivity index (χ1v) is 4.14. The van der Waals surface area contributed by atoms with Crippen molar-refractivity contribution in [2.75, 3.05) is 13.2 Å². The van der Waals surface area contributed by atoms with E-state index in [9.17, 15) is 0 Å². The number of ether oxygens (including phenoxy) is 1. The second kappa shape index (κ2) is 5.84. The van der Waals surface area contributed by atoms with Gasteiger partial charge in [0.25, 0.3) is 0 Å². The van der Waals surface area contributed by atoms with Gasteiger partial charge in [0.15, 0.2) is 0 Å². The first-order valence-electron chi connectivity index (χ1n) is 4.14. The van der Waals surface area contributed by atoms with Crippen molar-refractivity contribution in [3.63, 3.8) is 0 Å². The fourth-order valence-electron chi connectivity index (χ4n) is 1.03. The summed E-state index contributed by atoms with van der Waals surface area (Å²) in [5, 5.41) is 0. The van der Waals surface area contributed by atoms with Gasteiger partial charge in [-0.1, -0.05) is 12.1 Å². The highest BCUT2D eigenvalue weighted by Gasteiger charge is 1.97. The third kappa shape index (κ3) is 3.66. The monoisotopic (exact) mass is 201 g/mol. The van der Waals surface area contributed by atoms with Crippen LogP contribution in [-0.2, 0) is 0 Å². The van der Waals surface area contributed by atoms with Gasteiger partial charge in [0.2, 0.25) is 0 Å². The zero-order chi connectivity index (χ0) is 8.97. The molecule has 0 atom stereocenters. The van der Waals surface area contributed by atoms with Crippen LogP contribution in [0, 0.1) is 13.8 Å². The Morgan fingerprint density at radius 1 is 1.31 bits per heavy atom. The van der Waals surface area contributed by atoms with E-state index in [1.165, 1.54) is 5.56 Å². The fraction of sp³-hybridized carbons (Fsp3) is 0.400. The van der Waals surface area contributed by atoms with Crippen molar-refractivity contribution in [1.29, 1.82) is 0 Å². The second-order valence-electron chi connectivity index (χ2n) is 2.91. The molecule has 1 aromatic rings. The molecular formula is C10H16ClNO. The molecule has 0 saturated carbocycles. The van der Waals surface area contributed by atoms with Crippen LogP contribution in [0.5, 0.6) is 5.75 Å². The van der Waals surface area contributed by atoms with Crippen molar-refractivity contribution < 1.29 is 4.74 Å². The summed E-state index contributed by atoms with van der Waals surface area (Å²) < 4.78 is 5.44. The van der Waals surface area contributed by atoms with E-state index in [1.807, 2.05) is 13.0 Å². The molecule has 1 aromatic carbocycles. The van der Waals surface area contributed by atoms with Gasteiger partial charge in [0.05, 0.1) is 0 Å².